The zero-order valence-electron chi connectivity index (χ0n) is 11.4. The van der Waals surface area contributed by atoms with Crippen LogP contribution in [-0.2, 0) is 11.3 Å². The summed E-state index contributed by atoms with van der Waals surface area (Å²) in [5, 5.41) is 3.55. The molecule has 104 valence electrons. The maximum Gasteiger partial charge on any atom is 0.0668 e. The third-order valence-corrected chi connectivity index (χ3v) is 4.50. The quantitative estimate of drug-likeness (QED) is 0.921. The number of hydrogen-bond donors (Lipinski definition) is 1. The van der Waals surface area contributed by atoms with E-state index in [4.69, 9.17) is 4.74 Å². The van der Waals surface area contributed by atoms with Gasteiger partial charge in [0.1, 0.15) is 0 Å². The molecular weight excluding hydrogens is 304 g/mol. The molecule has 0 bridgehead atoms. The van der Waals surface area contributed by atoms with Crippen LogP contribution in [0.2, 0.25) is 0 Å². The van der Waals surface area contributed by atoms with E-state index in [1.54, 1.807) is 0 Å². The van der Waals surface area contributed by atoms with Crippen molar-refractivity contribution >= 4 is 21.6 Å². The van der Waals surface area contributed by atoms with E-state index in [9.17, 15) is 0 Å². The van der Waals surface area contributed by atoms with Crippen molar-refractivity contribution in [2.45, 2.75) is 38.4 Å². The molecule has 1 unspecified atom stereocenters. The molecule has 0 radical (unpaired) electrons. The van der Waals surface area contributed by atoms with Gasteiger partial charge >= 0.3 is 0 Å². The van der Waals surface area contributed by atoms with Gasteiger partial charge in [-0.2, -0.15) is 0 Å². The van der Waals surface area contributed by atoms with E-state index in [1.807, 2.05) is 0 Å². The molecular formula is C15H21BrN2O. The molecule has 1 N–H and O–H groups in total. The zero-order chi connectivity index (χ0) is 13.2. The first kappa shape index (κ1) is 13.4. The van der Waals surface area contributed by atoms with Crippen molar-refractivity contribution in [3.63, 3.8) is 0 Å². The highest BCUT2D eigenvalue weighted by Crippen LogP contribution is 2.30. The van der Waals surface area contributed by atoms with Gasteiger partial charge in [0.15, 0.2) is 0 Å². The maximum absolute atomic E-state index is 5.50. The third kappa shape index (κ3) is 3.30. The average molecular weight is 325 g/mol. The van der Waals surface area contributed by atoms with E-state index in [0.29, 0.717) is 6.04 Å². The minimum absolute atomic E-state index is 0.445. The van der Waals surface area contributed by atoms with Crippen LogP contribution in [0.25, 0.3) is 0 Å². The molecule has 1 saturated heterocycles. The molecule has 1 aromatic rings. The Kier molecular flexibility index (Phi) is 4.10. The van der Waals surface area contributed by atoms with Crippen LogP contribution >= 0.6 is 15.9 Å². The summed E-state index contributed by atoms with van der Waals surface area (Å²) >= 11 is 3.72. The fourth-order valence-corrected chi connectivity index (χ4v) is 3.18. The topological polar surface area (TPSA) is 24.5 Å². The number of nitrogens with zero attached hydrogens (tertiary/aromatic N) is 1. The Labute approximate surface area is 123 Å². The van der Waals surface area contributed by atoms with Gasteiger partial charge in [0, 0.05) is 29.6 Å². The highest BCUT2D eigenvalue weighted by molar-refractivity contribution is 9.10. The first-order valence-corrected chi connectivity index (χ1v) is 7.89. The summed E-state index contributed by atoms with van der Waals surface area (Å²) in [5.41, 5.74) is 2.63. The standard InChI is InChI=1S/C15H21BrN2O/c1-11-10-19-7-6-18(11)15-5-2-12(8-14(15)16)9-17-13-3-4-13/h2,5,8,11,13,17H,3-4,6-7,9-10H2,1H3. The van der Waals surface area contributed by atoms with Gasteiger partial charge in [-0.1, -0.05) is 6.07 Å². The van der Waals surface area contributed by atoms with Crippen molar-refractivity contribution in [2.24, 2.45) is 0 Å². The van der Waals surface area contributed by atoms with Crippen LogP contribution in [0.1, 0.15) is 25.3 Å². The first-order valence-electron chi connectivity index (χ1n) is 7.10. The van der Waals surface area contributed by atoms with Crippen LogP contribution in [0, 0.1) is 0 Å². The van der Waals surface area contributed by atoms with Crippen LogP contribution in [0.3, 0.4) is 0 Å². The molecule has 2 fully saturated rings. The van der Waals surface area contributed by atoms with E-state index in [-0.39, 0.29) is 0 Å². The molecule has 1 heterocycles. The lowest BCUT2D eigenvalue weighted by Crippen LogP contribution is -2.43. The van der Waals surface area contributed by atoms with Gasteiger partial charge in [0.2, 0.25) is 0 Å². The molecule has 0 amide bonds. The molecule has 0 spiro atoms. The lowest BCUT2D eigenvalue weighted by molar-refractivity contribution is 0.0989. The Morgan fingerprint density at radius 1 is 1.42 bits per heavy atom. The Hall–Kier alpha value is -0.580. The smallest absolute Gasteiger partial charge is 0.0668 e. The van der Waals surface area contributed by atoms with Gasteiger partial charge in [-0.25, -0.2) is 0 Å². The highest BCUT2D eigenvalue weighted by atomic mass is 79.9. The number of hydrogen-bond acceptors (Lipinski definition) is 3. The van der Waals surface area contributed by atoms with E-state index in [2.05, 4.69) is 51.3 Å². The number of morpholine rings is 1. The van der Waals surface area contributed by atoms with Gasteiger partial charge in [0.05, 0.1) is 18.9 Å². The molecule has 1 saturated carbocycles. The van der Waals surface area contributed by atoms with Crippen molar-refractivity contribution in [3.8, 4) is 0 Å². The largest absolute Gasteiger partial charge is 0.377 e. The summed E-state index contributed by atoms with van der Waals surface area (Å²) in [4.78, 5) is 2.42. The minimum atomic E-state index is 0.445. The summed E-state index contributed by atoms with van der Waals surface area (Å²) in [6.07, 6.45) is 2.68. The molecule has 1 atom stereocenters. The Balaban J connectivity index is 1.70. The normalized spacial score (nSPS) is 23.7. The molecule has 4 heteroatoms. The second-order valence-electron chi connectivity index (χ2n) is 5.56. The Morgan fingerprint density at radius 3 is 2.95 bits per heavy atom. The number of halogens is 1. The number of nitrogens with one attached hydrogen (secondary N) is 1. The van der Waals surface area contributed by atoms with Gasteiger partial charge in [-0.3, -0.25) is 0 Å². The summed E-state index contributed by atoms with van der Waals surface area (Å²) in [5.74, 6) is 0. The first-order chi connectivity index (χ1) is 9.24. The van der Waals surface area contributed by atoms with Crippen molar-refractivity contribution < 1.29 is 4.74 Å². The summed E-state index contributed by atoms with van der Waals surface area (Å²) in [6.45, 7) is 5.80. The highest BCUT2D eigenvalue weighted by Gasteiger charge is 2.22. The van der Waals surface area contributed by atoms with Crippen molar-refractivity contribution in [3.05, 3.63) is 28.2 Å². The fourth-order valence-electron chi connectivity index (χ4n) is 2.53. The monoisotopic (exact) mass is 324 g/mol. The number of anilines is 1. The van der Waals surface area contributed by atoms with Crippen molar-refractivity contribution in [2.75, 3.05) is 24.7 Å². The predicted octanol–water partition coefficient (Wildman–Crippen LogP) is 2.93. The molecule has 0 aromatic heterocycles. The van der Waals surface area contributed by atoms with Crippen molar-refractivity contribution in [1.29, 1.82) is 0 Å². The van der Waals surface area contributed by atoms with Gasteiger partial charge in [0.25, 0.3) is 0 Å². The lowest BCUT2D eigenvalue weighted by atomic mass is 10.1. The van der Waals surface area contributed by atoms with Gasteiger partial charge in [-0.05, 0) is 53.4 Å². The second-order valence-corrected chi connectivity index (χ2v) is 6.41. The number of rotatable bonds is 4. The van der Waals surface area contributed by atoms with Crippen molar-refractivity contribution in [1.82, 2.24) is 5.32 Å². The lowest BCUT2D eigenvalue weighted by Gasteiger charge is -2.36. The molecule has 3 rings (SSSR count). The van der Waals surface area contributed by atoms with Crippen LogP contribution in [-0.4, -0.2) is 31.8 Å². The third-order valence-electron chi connectivity index (χ3n) is 3.86. The molecule has 3 nitrogen and oxygen atoms in total. The summed E-state index contributed by atoms with van der Waals surface area (Å²) in [7, 11) is 0. The summed E-state index contributed by atoms with van der Waals surface area (Å²) in [6, 6.07) is 7.92. The summed E-state index contributed by atoms with van der Waals surface area (Å²) < 4.78 is 6.69. The minimum Gasteiger partial charge on any atom is -0.377 e. The molecule has 1 aliphatic carbocycles. The molecule has 2 aliphatic rings. The van der Waals surface area contributed by atoms with Crippen LogP contribution in [0.4, 0.5) is 5.69 Å². The molecule has 1 aromatic carbocycles. The predicted molar refractivity (Wildman–Crippen MR) is 81.6 cm³/mol. The van der Waals surface area contributed by atoms with E-state index in [0.717, 1.165) is 32.3 Å². The van der Waals surface area contributed by atoms with E-state index in [1.165, 1.54) is 28.6 Å². The SMILES string of the molecule is CC1COCCN1c1ccc(CNC2CC2)cc1Br. The zero-order valence-corrected chi connectivity index (χ0v) is 12.9. The van der Waals surface area contributed by atoms with Gasteiger partial charge in [-0.15, -0.1) is 0 Å². The fraction of sp³-hybridized carbons (Fsp3) is 0.600. The molecule has 1 aliphatic heterocycles. The van der Waals surface area contributed by atoms with Crippen LogP contribution in [0.15, 0.2) is 22.7 Å². The van der Waals surface area contributed by atoms with E-state index >= 15 is 0 Å². The maximum atomic E-state index is 5.50. The molecule has 19 heavy (non-hydrogen) atoms. The van der Waals surface area contributed by atoms with Gasteiger partial charge < -0.3 is 15.0 Å². The van der Waals surface area contributed by atoms with Crippen LogP contribution < -0.4 is 10.2 Å². The Morgan fingerprint density at radius 2 is 2.26 bits per heavy atom. The number of benzene rings is 1. The Bertz CT molecular complexity index is 448. The van der Waals surface area contributed by atoms with E-state index < -0.39 is 0 Å². The average Bonchev–Trinajstić information content (AvgIpc) is 3.22. The second kappa shape index (κ2) is 5.81. The number of ether oxygens (including phenoxy) is 1. The van der Waals surface area contributed by atoms with Crippen LogP contribution in [0.5, 0.6) is 0 Å².